The van der Waals surface area contributed by atoms with Gasteiger partial charge in [-0.2, -0.15) is 0 Å². The number of nitrogens with one attached hydrogen (secondary N) is 1. The molecular formula is C22H30FN3O2. The number of para-hydroxylation sites is 1. The largest absolute Gasteiger partial charge is 0.468 e. The summed E-state index contributed by atoms with van der Waals surface area (Å²) in [5.74, 6) is 0.706. The summed E-state index contributed by atoms with van der Waals surface area (Å²) in [5, 5.41) is 3.06. The molecule has 1 aliphatic heterocycles. The van der Waals surface area contributed by atoms with Gasteiger partial charge in [0.25, 0.3) is 0 Å². The van der Waals surface area contributed by atoms with E-state index in [1.807, 2.05) is 24.3 Å². The number of amides is 1. The van der Waals surface area contributed by atoms with Gasteiger partial charge >= 0.3 is 0 Å². The Labute approximate surface area is 166 Å². The van der Waals surface area contributed by atoms with Gasteiger partial charge in [-0.1, -0.05) is 32.9 Å². The van der Waals surface area contributed by atoms with E-state index in [1.54, 1.807) is 12.3 Å². The number of piperazine rings is 1. The molecule has 28 heavy (non-hydrogen) atoms. The Morgan fingerprint density at radius 2 is 1.86 bits per heavy atom. The standard InChI is InChI=1S/C22H30FN3O2/c1-22(2,3)15-21(27)24-16-19(20-9-6-14-28-20)26-12-10-25(11-13-26)18-8-5-4-7-17(18)23/h4-9,14,19H,10-13,15-16H2,1-3H3,(H,24,27)/t19-/m0/s1. The van der Waals surface area contributed by atoms with Crippen LogP contribution in [0.3, 0.4) is 0 Å². The van der Waals surface area contributed by atoms with Gasteiger partial charge in [-0.25, -0.2) is 4.39 Å². The number of benzene rings is 1. The number of carbonyl (C=O) groups excluding carboxylic acids is 1. The summed E-state index contributed by atoms with van der Waals surface area (Å²) in [5.41, 5.74) is 0.602. The summed E-state index contributed by atoms with van der Waals surface area (Å²) in [6.45, 7) is 9.67. The van der Waals surface area contributed by atoms with Gasteiger partial charge in [0.1, 0.15) is 11.6 Å². The maximum absolute atomic E-state index is 14.1. The lowest BCUT2D eigenvalue weighted by Gasteiger charge is -2.39. The molecule has 1 saturated heterocycles. The molecule has 0 unspecified atom stereocenters. The van der Waals surface area contributed by atoms with Crippen LogP contribution in [0.25, 0.3) is 0 Å². The first-order valence-corrected chi connectivity index (χ1v) is 9.87. The van der Waals surface area contributed by atoms with Gasteiger partial charge in [-0.05, 0) is 29.7 Å². The molecule has 1 N–H and O–H groups in total. The summed E-state index contributed by atoms with van der Waals surface area (Å²) >= 11 is 0. The summed E-state index contributed by atoms with van der Waals surface area (Å²) in [7, 11) is 0. The highest BCUT2D eigenvalue weighted by molar-refractivity contribution is 5.76. The van der Waals surface area contributed by atoms with Gasteiger partial charge in [-0.3, -0.25) is 9.69 Å². The fourth-order valence-electron chi connectivity index (χ4n) is 3.63. The van der Waals surface area contributed by atoms with Crippen LogP contribution in [0.15, 0.2) is 47.1 Å². The molecule has 1 aliphatic rings. The summed E-state index contributed by atoms with van der Waals surface area (Å²) in [6, 6.07) is 10.7. The molecule has 2 aromatic rings. The number of anilines is 1. The van der Waals surface area contributed by atoms with Crippen LogP contribution in [0, 0.1) is 11.2 Å². The minimum atomic E-state index is -0.187. The first-order chi connectivity index (χ1) is 13.3. The smallest absolute Gasteiger partial charge is 0.220 e. The zero-order valence-electron chi connectivity index (χ0n) is 17.0. The van der Waals surface area contributed by atoms with Crippen LogP contribution in [0.1, 0.15) is 39.0 Å². The average molecular weight is 387 g/mol. The van der Waals surface area contributed by atoms with E-state index in [0.717, 1.165) is 31.9 Å². The van der Waals surface area contributed by atoms with E-state index in [0.29, 0.717) is 18.7 Å². The Balaban J connectivity index is 1.62. The molecule has 1 aromatic heterocycles. The molecule has 0 saturated carbocycles. The van der Waals surface area contributed by atoms with Crippen LogP contribution in [-0.2, 0) is 4.79 Å². The van der Waals surface area contributed by atoms with E-state index in [9.17, 15) is 9.18 Å². The van der Waals surface area contributed by atoms with E-state index in [4.69, 9.17) is 4.42 Å². The predicted octanol–water partition coefficient (Wildman–Crippen LogP) is 3.83. The fourth-order valence-corrected chi connectivity index (χ4v) is 3.63. The van der Waals surface area contributed by atoms with Gasteiger partial charge in [-0.15, -0.1) is 0 Å². The van der Waals surface area contributed by atoms with Crippen molar-refractivity contribution in [3.63, 3.8) is 0 Å². The lowest BCUT2D eigenvalue weighted by molar-refractivity contribution is -0.123. The zero-order valence-corrected chi connectivity index (χ0v) is 17.0. The van der Waals surface area contributed by atoms with Crippen LogP contribution < -0.4 is 10.2 Å². The van der Waals surface area contributed by atoms with Crippen LogP contribution in [0.4, 0.5) is 10.1 Å². The molecular weight excluding hydrogens is 357 g/mol. The molecule has 2 heterocycles. The average Bonchev–Trinajstić information content (AvgIpc) is 3.16. The Bertz CT molecular complexity index is 762. The van der Waals surface area contributed by atoms with Crippen molar-refractivity contribution in [3.05, 3.63) is 54.2 Å². The number of rotatable bonds is 6. The van der Waals surface area contributed by atoms with Crippen LogP contribution >= 0.6 is 0 Å². The van der Waals surface area contributed by atoms with Crippen molar-refractivity contribution < 1.29 is 13.6 Å². The van der Waals surface area contributed by atoms with Gasteiger partial charge in [0.05, 0.1) is 18.0 Å². The van der Waals surface area contributed by atoms with E-state index < -0.39 is 0 Å². The second-order valence-corrected chi connectivity index (χ2v) is 8.55. The summed E-state index contributed by atoms with van der Waals surface area (Å²) in [6.07, 6.45) is 2.15. The van der Waals surface area contributed by atoms with E-state index in [-0.39, 0.29) is 23.2 Å². The number of furan rings is 1. The summed E-state index contributed by atoms with van der Waals surface area (Å²) in [4.78, 5) is 16.7. The molecule has 0 radical (unpaired) electrons. The topological polar surface area (TPSA) is 48.7 Å². The van der Waals surface area contributed by atoms with E-state index >= 15 is 0 Å². The van der Waals surface area contributed by atoms with Crippen molar-refractivity contribution >= 4 is 11.6 Å². The van der Waals surface area contributed by atoms with Crippen molar-refractivity contribution in [2.45, 2.75) is 33.2 Å². The molecule has 1 amide bonds. The van der Waals surface area contributed by atoms with Gasteiger partial charge < -0.3 is 14.6 Å². The zero-order chi connectivity index (χ0) is 20.1. The second kappa shape index (κ2) is 8.78. The lowest BCUT2D eigenvalue weighted by Crippen LogP contribution is -2.50. The van der Waals surface area contributed by atoms with Crippen LogP contribution in [0.5, 0.6) is 0 Å². The maximum Gasteiger partial charge on any atom is 0.220 e. The molecule has 0 aliphatic carbocycles. The normalized spacial score (nSPS) is 16.8. The highest BCUT2D eigenvalue weighted by Crippen LogP contribution is 2.26. The third-order valence-electron chi connectivity index (χ3n) is 5.00. The predicted molar refractivity (Wildman–Crippen MR) is 109 cm³/mol. The van der Waals surface area contributed by atoms with E-state index in [2.05, 4.69) is 35.9 Å². The monoisotopic (exact) mass is 387 g/mol. The van der Waals surface area contributed by atoms with Crippen LogP contribution in [-0.4, -0.2) is 43.5 Å². The Morgan fingerprint density at radius 1 is 1.14 bits per heavy atom. The molecule has 0 bridgehead atoms. The number of nitrogens with zero attached hydrogens (tertiary/aromatic N) is 2. The Morgan fingerprint density at radius 3 is 2.46 bits per heavy atom. The third-order valence-corrected chi connectivity index (χ3v) is 5.00. The first-order valence-electron chi connectivity index (χ1n) is 9.87. The SMILES string of the molecule is CC(C)(C)CC(=O)NC[C@@H](c1ccco1)N1CCN(c2ccccc2F)CC1. The molecule has 6 heteroatoms. The first kappa shape index (κ1) is 20.4. The lowest BCUT2D eigenvalue weighted by atomic mass is 9.92. The highest BCUT2D eigenvalue weighted by atomic mass is 19.1. The van der Waals surface area contributed by atoms with Crippen molar-refractivity contribution in [1.29, 1.82) is 0 Å². The number of hydrogen-bond acceptors (Lipinski definition) is 4. The Hall–Kier alpha value is -2.34. The number of hydrogen-bond donors (Lipinski definition) is 1. The van der Waals surface area contributed by atoms with E-state index in [1.165, 1.54) is 6.07 Å². The molecule has 152 valence electrons. The number of carbonyl (C=O) groups is 1. The number of halogens is 1. The second-order valence-electron chi connectivity index (χ2n) is 8.55. The molecule has 3 rings (SSSR count). The minimum absolute atomic E-state index is 0.0262. The van der Waals surface area contributed by atoms with Crippen molar-refractivity contribution in [3.8, 4) is 0 Å². The van der Waals surface area contributed by atoms with Crippen LogP contribution in [0.2, 0.25) is 0 Å². The van der Waals surface area contributed by atoms with Crippen molar-refractivity contribution in [2.75, 3.05) is 37.6 Å². The fraction of sp³-hybridized carbons (Fsp3) is 0.500. The third kappa shape index (κ3) is 5.35. The Kier molecular flexibility index (Phi) is 6.39. The van der Waals surface area contributed by atoms with Crippen molar-refractivity contribution in [2.24, 2.45) is 5.41 Å². The molecule has 1 aromatic carbocycles. The minimum Gasteiger partial charge on any atom is -0.468 e. The molecule has 1 atom stereocenters. The quantitative estimate of drug-likeness (QED) is 0.818. The van der Waals surface area contributed by atoms with Gasteiger partial charge in [0.15, 0.2) is 0 Å². The summed E-state index contributed by atoms with van der Waals surface area (Å²) < 4.78 is 19.7. The maximum atomic E-state index is 14.1. The molecule has 5 nitrogen and oxygen atoms in total. The highest BCUT2D eigenvalue weighted by Gasteiger charge is 2.28. The van der Waals surface area contributed by atoms with Gasteiger partial charge in [0.2, 0.25) is 5.91 Å². The van der Waals surface area contributed by atoms with Crippen molar-refractivity contribution in [1.82, 2.24) is 10.2 Å². The molecule has 0 spiro atoms. The van der Waals surface area contributed by atoms with Gasteiger partial charge in [0, 0.05) is 39.1 Å². The molecule has 1 fully saturated rings.